The molecular weight excluding hydrogens is 270 g/mol. The fourth-order valence-corrected chi connectivity index (χ4v) is 4.18. The molecule has 0 bridgehead atoms. The van der Waals surface area contributed by atoms with E-state index in [9.17, 15) is 4.79 Å². The number of hydrogen-bond acceptors (Lipinski definition) is 4. The molecule has 1 aliphatic heterocycles. The molecule has 1 unspecified atom stereocenters. The lowest BCUT2D eigenvalue weighted by Crippen LogP contribution is -2.48. The van der Waals surface area contributed by atoms with Crippen LogP contribution < -0.4 is 5.32 Å². The molecule has 1 saturated carbocycles. The van der Waals surface area contributed by atoms with Gasteiger partial charge in [-0.2, -0.15) is 0 Å². The van der Waals surface area contributed by atoms with Crippen molar-refractivity contribution in [2.75, 3.05) is 6.54 Å². The largest absolute Gasteiger partial charge is 0.315 e. The Labute approximate surface area is 123 Å². The Morgan fingerprint density at radius 3 is 2.90 bits per heavy atom. The Hall–Kier alpha value is -1.20. The molecule has 1 aromatic rings. The molecule has 1 aliphatic carbocycles. The third kappa shape index (κ3) is 2.19. The standard InChI is InChI=1S/C15H21N3OS/c1-3-9-18-12(13-16-11(2)10-20-13)17-15(14(18)19)7-5-4-6-8-15/h3,10,12,17H,1,4-9H2,2H3. The van der Waals surface area contributed by atoms with Gasteiger partial charge in [0.25, 0.3) is 0 Å². The number of amides is 1. The lowest BCUT2D eigenvalue weighted by Gasteiger charge is -2.31. The summed E-state index contributed by atoms with van der Waals surface area (Å²) in [6.07, 6.45) is 7.10. The van der Waals surface area contributed by atoms with E-state index in [1.807, 2.05) is 17.2 Å². The first-order valence-corrected chi connectivity index (χ1v) is 8.16. The maximum atomic E-state index is 12.9. The summed E-state index contributed by atoms with van der Waals surface area (Å²) in [4.78, 5) is 19.3. The second kappa shape index (κ2) is 5.30. The number of carbonyl (C=O) groups is 1. The van der Waals surface area contributed by atoms with Gasteiger partial charge in [-0.15, -0.1) is 17.9 Å². The maximum Gasteiger partial charge on any atom is 0.244 e. The Kier molecular flexibility index (Phi) is 3.65. The highest BCUT2D eigenvalue weighted by molar-refractivity contribution is 7.09. The average Bonchev–Trinajstić information content (AvgIpc) is 2.98. The summed E-state index contributed by atoms with van der Waals surface area (Å²) in [5.74, 6) is 0.231. The lowest BCUT2D eigenvalue weighted by molar-refractivity contribution is -0.133. The van der Waals surface area contributed by atoms with Gasteiger partial charge < -0.3 is 4.90 Å². The van der Waals surface area contributed by atoms with Gasteiger partial charge in [-0.05, 0) is 19.8 Å². The second-order valence-corrected chi connectivity index (χ2v) is 6.65. The normalized spacial score (nSPS) is 25.4. The van der Waals surface area contributed by atoms with Gasteiger partial charge in [-0.25, -0.2) is 4.98 Å². The predicted octanol–water partition coefficient (Wildman–Crippen LogP) is 2.77. The summed E-state index contributed by atoms with van der Waals surface area (Å²) >= 11 is 1.62. The molecule has 1 saturated heterocycles. The molecule has 1 atom stereocenters. The Morgan fingerprint density at radius 2 is 2.30 bits per heavy atom. The fraction of sp³-hybridized carbons (Fsp3) is 0.600. The van der Waals surface area contributed by atoms with E-state index >= 15 is 0 Å². The van der Waals surface area contributed by atoms with E-state index in [1.165, 1.54) is 6.42 Å². The summed E-state index contributed by atoms with van der Waals surface area (Å²) in [5, 5.41) is 6.62. The van der Waals surface area contributed by atoms with Crippen LogP contribution in [0, 0.1) is 6.92 Å². The predicted molar refractivity (Wildman–Crippen MR) is 80.5 cm³/mol. The van der Waals surface area contributed by atoms with Crippen molar-refractivity contribution in [1.82, 2.24) is 15.2 Å². The molecule has 2 aliphatic rings. The number of hydrogen-bond donors (Lipinski definition) is 1. The van der Waals surface area contributed by atoms with Gasteiger partial charge in [-0.1, -0.05) is 25.3 Å². The van der Waals surface area contributed by atoms with Crippen LogP contribution in [0.15, 0.2) is 18.0 Å². The number of aryl methyl sites for hydroxylation is 1. The molecule has 20 heavy (non-hydrogen) atoms. The van der Waals surface area contributed by atoms with Crippen molar-refractivity contribution in [1.29, 1.82) is 0 Å². The Bertz CT molecular complexity index is 519. The van der Waals surface area contributed by atoms with Crippen LogP contribution in [0.4, 0.5) is 0 Å². The lowest BCUT2D eigenvalue weighted by atomic mass is 9.82. The van der Waals surface area contributed by atoms with Crippen LogP contribution in [0.5, 0.6) is 0 Å². The molecule has 4 nitrogen and oxygen atoms in total. The summed E-state index contributed by atoms with van der Waals surface area (Å²) in [5.41, 5.74) is 0.660. The van der Waals surface area contributed by atoms with Crippen molar-refractivity contribution in [3.05, 3.63) is 28.7 Å². The van der Waals surface area contributed by atoms with E-state index in [-0.39, 0.29) is 17.6 Å². The SMILES string of the molecule is C=CCN1C(=O)C2(CCCCC2)NC1c1nc(C)cs1. The van der Waals surface area contributed by atoms with Crippen molar-refractivity contribution in [3.8, 4) is 0 Å². The summed E-state index contributed by atoms with van der Waals surface area (Å²) in [6, 6.07) is 0. The van der Waals surface area contributed by atoms with E-state index < -0.39 is 0 Å². The molecule has 1 N–H and O–H groups in total. The van der Waals surface area contributed by atoms with Gasteiger partial charge in [-0.3, -0.25) is 10.1 Å². The molecule has 3 rings (SSSR count). The van der Waals surface area contributed by atoms with Gasteiger partial charge in [0.2, 0.25) is 5.91 Å². The fourth-order valence-electron chi connectivity index (χ4n) is 3.33. The second-order valence-electron chi connectivity index (χ2n) is 5.76. The van der Waals surface area contributed by atoms with Gasteiger partial charge in [0, 0.05) is 17.6 Å². The number of aromatic nitrogens is 1. The molecule has 1 aromatic heterocycles. The highest BCUT2D eigenvalue weighted by Crippen LogP contribution is 2.40. The molecule has 108 valence electrons. The van der Waals surface area contributed by atoms with Crippen LogP contribution in [0.3, 0.4) is 0 Å². The van der Waals surface area contributed by atoms with Crippen LogP contribution in [0.2, 0.25) is 0 Å². The van der Waals surface area contributed by atoms with Crippen molar-refractivity contribution >= 4 is 17.2 Å². The molecule has 1 amide bonds. The van der Waals surface area contributed by atoms with Crippen molar-refractivity contribution in [3.63, 3.8) is 0 Å². The van der Waals surface area contributed by atoms with Crippen LogP contribution >= 0.6 is 11.3 Å². The van der Waals surface area contributed by atoms with Crippen molar-refractivity contribution in [2.45, 2.75) is 50.7 Å². The first-order chi connectivity index (χ1) is 9.66. The number of carbonyl (C=O) groups excluding carboxylic acids is 1. The van der Waals surface area contributed by atoms with E-state index in [0.29, 0.717) is 6.54 Å². The zero-order valence-electron chi connectivity index (χ0n) is 11.9. The van der Waals surface area contributed by atoms with Gasteiger partial charge in [0.1, 0.15) is 11.2 Å². The third-order valence-corrected chi connectivity index (χ3v) is 5.31. The van der Waals surface area contributed by atoms with Crippen molar-refractivity contribution in [2.24, 2.45) is 0 Å². The summed E-state index contributed by atoms with van der Waals surface area (Å²) < 4.78 is 0. The monoisotopic (exact) mass is 291 g/mol. The Balaban J connectivity index is 1.92. The maximum absolute atomic E-state index is 12.9. The van der Waals surface area contributed by atoms with Gasteiger partial charge >= 0.3 is 0 Å². The van der Waals surface area contributed by atoms with Crippen LogP contribution in [0.1, 0.15) is 49.0 Å². The molecule has 0 aromatic carbocycles. The highest BCUT2D eigenvalue weighted by Gasteiger charge is 2.51. The average molecular weight is 291 g/mol. The minimum absolute atomic E-state index is 0.0858. The molecular formula is C15H21N3OS. The quantitative estimate of drug-likeness (QED) is 0.871. The van der Waals surface area contributed by atoms with Gasteiger partial charge in [0.15, 0.2) is 0 Å². The van der Waals surface area contributed by atoms with Gasteiger partial charge in [0.05, 0.1) is 5.54 Å². The summed E-state index contributed by atoms with van der Waals surface area (Å²) in [7, 11) is 0. The minimum Gasteiger partial charge on any atom is -0.315 e. The molecule has 2 heterocycles. The smallest absolute Gasteiger partial charge is 0.244 e. The van der Waals surface area contributed by atoms with Crippen LogP contribution in [0.25, 0.3) is 0 Å². The first kappa shape index (κ1) is 13.8. The minimum atomic E-state index is -0.356. The zero-order valence-corrected chi connectivity index (χ0v) is 12.7. The van der Waals surface area contributed by atoms with Crippen LogP contribution in [-0.4, -0.2) is 27.9 Å². The first-order valence-electron chi connectivity index (χ1n) is 7.28. The van der Waals surface area contributed by atoms with Crippen molar-refractivity contribution < 1.29 is 4.79 Å². The molecule has 5 heteroatoms. The highest BCUT2D eigenvalue weighted by atomic mass is 32.1. The number of thiazole rings is 1. The number of rotatable bonds is 3. The number of nitrogens with zero attached hydrogens (tertiary/aromatic N) is 2. The zero-order chi connectivity index (χ0) is 14.2. The van der Waals surface area contributed by atoms with E-state index in [4.69, 9.17) is 0 Å². The summed E-state index contributed by atoms with van der Waals surface area (Å²) in [6.45, 7) is 6.36. The van der Waals surface area contributed by atoms with Crippen LogP contribution in [-0.2, 0) is 4.79 Å². The molecule has 0 radical (unpaired) electrons. The Morgan fingerprint density at radius 1 is 1.55 bits per heavy atom. The molecule has 1 spiro atoms. The van der Waals surface area contributed by atoms with E-state index in [0.717, 1.165) is 36.4 Å². The number of nitrogens with one attached hydrogen (secondary N) is 1. The van der Waals surface area contributed by atoms with E-state index in [1.54, 1.807) is 17.4 Å². The topological polar surface area (TPSA) is 45.2 Å². The third-order valence-electron chi connectivity index (χ3n) is 4.30. The van der Waals surface area contributed by atoms with E-state index in [2.05, 4.69) is 16.9 Å². The molecule has 2 fully saturated rings.